The highest BCUT2D eigenvalue weighted by molar-refractivity contribution is 7.92. The van der Waals surface area contributed by atoms with Gasteiger partial charge in [-0.1, -0.05) is 24.0 Å². The molecule has 2 aromatic heterocycles. The molecule has 0 spiro atoms. The second-order valence-corrected chi connectivity index (χ2v) is 7.68. The third-order valence-electron chi connectivity index (χ3n) is 3.67. The summed E-state index contributed by atoms with van der Waals surface area (Å²) < 4.78 is 25.0. The summed E-state index contributed by atoms with van der Waals surface area (Å²) in [5, 5.41) is 0. The summed E-state index contributed by atoms with van der Waals surface area (Å²) in [6, 6.07) is 12.5. The van der Waals surface area contributed by atoms with Gasteiger partial charge in [0.1, 0.15) is 0 Å². The molecule has 0 unspecified atom stereocenters. The van der Waals surface area contributed by atoms with E-state index in [9.17, 15) is 13.2 Å². The largest absolute Gasteiger partial charge is 0.365 e. The van der Waals surface area contributed by atoms with Crippen LogP contribution < -0.4 is 10.5 Å². The van der Waals surface area contributed by atoms with Crippen LogP contribution in [0.15, 0.2) is 61.1 Å². The molecule has 0 atom stereocenters. The Morgan fingerprint density at radius 2 is 1.75 bits per heavy atom. The number of hydrogen-bond donors (Lipinski definition) is 2. The molecule has 0 aliphatic rings. The van der Waals surface area contributed by atoms with Crippen molar-refractivity contribution in [2.75, 3.05) is 11.0 Å². The SMILES string of the molecule is CS(=O)(=O)Nc1ncc(-c2ccc(C#Cc3cccnc3)cc2)cc1C(N)=O. The van der Waals surface area contributed by atoms with Crippen LogP contribution in [0.3, 0.4) is 0 Å². The number of carbonyl (C=O) groups is 1. The summed E-state index contributed by atoms with van der Waals surface area (Å²) in [5.74, 6) is 5.19. The van der Waals surface area contributed by atoms with Crippen LogP contribution >= 0.6 is 0 Å². The van der Waals surface area contributed by atoms with E-state index in [1.165, 1.54) is 12.3 Å². The van der Waals surface area contributed by atoms with Gasteiger partial charge in [0.25, 0.3) is 5.91 Å². The van der Waals surface area contributed by atoms with Crippen molar-refractivity contribution in [1.29, 1.82) is 0 Å². The molecule has 0 radical (unpaired) electrons. The normalized spacial score (nSPS) is 10.6. The van der Waals surface area contributed by atoms with Gasteiger partial charge < -0.3 is 5.73 Å². The zero-order valence-electron chi connectivity index (χ0n) is 14.9. The zero-order valence-corrected chi connectivity index (χ0v) is 15.7. The van der Waals surface area contributed by atoms with Crippen molar-refractivity contribution < 1.29 is 13.2 Å². The number of nitrogens with one attached hydrogen (secondary N) is 1. The Balaban J connectivity index is 1.88. The van der Waals surface area contributed by atoms with Gasteiger partial charge >= 0.3 is 0 Å². The van der Waals surface area contributed by atoms with Crippen molar-refractivity contribution in [1.82, 2.24) is 9.97 Å². The van der Waals surface area contributed by atoms with Crippen LogP contribution in [0.5, 0.6) is 0 Å². The van der Waals surface area contributed by atoms with E-state index < -0.39 is 15.9 Å². The lowest BCUT2D eigenvalue weighted by Crippen LogP contribution is -2.18. The van der Waals surface area contributed by atoms with Crippen LogP contribution in [0, 0.1) is 11.8 Å². The Morgan fingerprint density at radius 1 is 1.04 bits per heavy atom. The third kappa shape index (κ3) is 4.93. The summed E-state index contributed by atoms with van der Waals surface area (Å²) in [5.41, 5.74) is 8.39. The lowest BCUT2D eigenvalue weighted by Gasteiger charge is -2.09. The van der Waals surface area contributed by atoms with Crippen molar-refractivity contribution in [3.8, 4) is 23.0 Å². The molecule has 0 fully saturated rings. The van der Waals surface area contributed by atoms with Crippen LogP contribution in [0.2, 0.25) is 0 Å². The van der Waals surface area contributed by atoms with Crippen molar-refractivity contribution in [2.45, 2.75) is 0 Å². The number of rotatable bonds is 4. The lowest BCUT2D eigenvalue weighted by atomic mass is 10.0. The molecule has 1 aromatic carbocycles. The first kappa shape index (κ1) is 19.1. The highest BCUT2D eigenvalue weighted by Crippen LogP contribution is 2.24. The molecule has 0 saturated carbocycles. The van der Waals surface area contributed by atoms with Gasteiger partial charge in [-0.25, -0.2) is 13.4 Å². The highest BCUT2D eigenvalue weighted by atomic mass is 32.2. The van der Waals surface area contributed by atoms with E-state index in [0.29, 0.717) is 5.56 Å². The Bertz CT molecular complexity index is 1180. The quantitative estimate of drug-likeness (QED) is 0.659. The Kier molecular flexibility index (Phi) is 5.38. The standard InChI is InChI=1S/C20H16N4O3S/c1-28(26,27)24-20-18(19(21)25)11-17(13-23-20)16-8-6-14(7-9-16)4-5-15-3-2-10-22-12-15/h2-3,6-13H,1H3,(H2,21,25)(H,23,24). The van der Waals surface area contributed by atoms with Gasteiger partial charge in [0.05, 0.1) is 11.8 Å². The first-order valence-electron chi connectivity index (χ1n) is 8.12. The van der Waals surface area contributed by atoms with E-state index in [2.05, 4.69) is 26.5 Å². The first-order chi connectivity index (χ1) is 13.3. The molecule has 140 valence electrons. The maximum atomic E-state index is 11.7. The topological polar surface area (TPSA) is 115 Å². The average molecular weight is 392 g/mol. The molecule has 8 heteroatoms. The highest BCUT2D eigenvalue weighted by Gasteiger charge is 2.15. The number of sulfonamides is 1. The summed E-state index contributed by atoms with van der Waals surface area (Å²) in [7, 11) is -3.59. The molecule has 28 heavy (non-hydrogen) atoms. The minimum atomic E-state index is -3.59. The fourth-order valence-electron chi connectivity index (χ4n) is 2.39. The third-order valence-corrected chi connectivity index (χ3v) is 4.23. The number of nitrogens with two attached hydrogens (primary N) is 1. The average Bonchev–Trinajstić information content (AvgIpc) is 2.66. The van der Waals surface area contributed by atoms with Gasteiger partial charge in [-0.15, -0.1) is 0 Å². The van der Waals surface area contributed by atoms with E-state index in [0.717, 1.165) is 22.9 Å². The smallest absolute Gasteiger partial charge is 0.252 e. The zero-order chi connectivity index (χ0) is 20.1. The number of primary amides is 1. The van der Waals surface area contributed by atoms with E-state index in [1.807, 2.05) is 36.4 Å². The number of nitrogens with zero attached hydrogens (tertiary/aromatic N) is 2. The minimum absolute atomic E-state index is 0.0108. The summed E-state index contributed by atoms with van der Waals surface area (Å²) in [4.78, 5) is 19.7. The predicted molar refractivity (Wildman–Crippen MR) is 107 cm³/mol. The monoisotopic (exact) mass is 392 g/mol. The second-order valence-electron chi connectivity index (χ2n) is 5.93. The van der Waals surface area contributed by atoms with E-state index >= 15 is 0 Å². The molecule has 3 N–H and O–H groups in total. The van der Waals surface area contributed by atoms with E-state index in [4.69, 9.17) is 5.73 Å². The van der Waals surface area contributed by atoms with Crippen LogP contribution in [0.1, 0.15) is 21.5 Å². The molecular formula is C20H16N4O3S. The molecule has 0 bridgehead atoms. The fourth-order valence-corrected chi connectivity index (χ4v) is 2.91. The number of benzene rings is 1. The van der Waals surface area contributed by atoms with Gasteiger partial charge in [-0.05, 0) is 35.9 Å². The molecule has 0 aliphatic heterocycles. The number of amides is 1. The lowest BCUT2D eigenvalue weighted by molar-refractivity contribution is 0.100. The van der Waals surface area contributed by atoms with Gasteiger partial charge in [0, 0.05) is 35.3 Å². The summed E-state index contributed by atoms with van der Waals surface area (Å²) >= 11 is 0. The van der Waals surface area contributed by atoms with E-state index in [-0.39, 0.29) is 11.4 Å². The van der Waals surface area contributed by atoms with Crippen molar-refractivity contribution in [3.63, 3.8) is 0 Å². The number of aromatic nitrogens is 2. The molecule has 3 rings (SSSR count). The molecule has 2 heterocycles. The van der Waals surface area contributed by atoms with Gasteiger partial charge in [0.15, 0.2) is 5.82 Å². The molecule has 3 aromatic rings. The number of carbonyl (C=O) groups excluding carboxylic acids is 1. The van der Waals surface area contributed by atoms with Crippen molar-refractivity contribution >= 4 is 21.7 Å². The first-order valence-corrected chi connectivity index (χ1v) is 10.0. The van der Waals surface area contributed by atoms with E-state index in [1.54, 1.807) is 12.4 Å². The van der Waals surface area contributed by atoms with Crippen LogP contribution in [-0.4, -0.2) is 30.5 Å². The molecule has 0 aliphatic carbocycles. The second kappa shape index (κ2) is 7.90. The van der Waals surface area contributed by atoms with Crippen molar-refractivity contribution in [3.05, 3.63) is 77.7 Å². The maximum absolute atomic E-state index is 11.7. The number of pyridine rings is 2. The summed E-state index contributed by atoms with van der Waals surface area (Å²) in [6.07, 6.45) is 5.81. The molecule has 0 saturated heterocycles. The number of hydrogen-bond acceptors (Lipinski definition) is 5. The molecule has 1 amide bonds. The van der Waals surface area contributed by atoms with Gasteiger partial charge in [-0.3, -0.25) is 14.5 Å². The van der Waals surface area contributed by atoms with Gasteiger partial charge in [0.2, 0.25) is 10.0 Å². The maximum Gasteiger partial charge on any atom is 0.252 e. The van der Waals surface area contributed by atoms with Gasteiger partial charge in [-0.2, -0.15) is 0 Å². The Labute approximate surface area is 162 Å². The Morgan fingerprint density at radius 3 is 2.36 bits per heavy atom. The molecule has 7 nitrogen and oxygen atoms in total. The van der Waals surface area contributed by atoms with Crippen LogP contribution in [-0.2, 0) is 10.0 Å². The molecular weight excluding hydrogens is 376 g/mol. The minimum Gasteiger partial charge on any atom is -0.365 e. The predicted octanol–water partition coefficient (Wildman–Crippen LogP) is 2.01. The Hall–Kier alpha value is -3.70. The summed E-state index contributed by atoms with van der Waals surface area (Å²) in [6.45, 7) is 0. The van der Waals surface area contributed by atoms with Crippen molar-refractivity contribution in [2.24, 2.45) is 5.73 Å². The number of anilines is 1. The van der Waals surface area contributed by atoms with Crippen LogP contribution in [0.25, 0.3) is 11.1 Å². The fraction of sp³-hybridized carbons (Fsp3) is 0.0500. The van der Waals surface area contributed by atoms with Crippen LogP contribution in [0.4, 0.5) is 5.82 Å².